The number of nitrogens with one attached hydrogen (secondary N) is 1. The molecule has 0 heterocycles. The van der Waals surface area contributed by atoms with Crippen molar-refractivity contribution in [1.82, 2.24) is 4.72 Å². The molecule has 0 amide bonds. The van der Waals surface area contributed by atoms with E-state index in [-0.39, 0.29) is 4.90 Å². The number of aliphatic hydroxyl groups excluding tert-OH is 2. The van der Waals surface area contributed by atoms with Crippen molar-refractivity contribution in [1.29, 1.82) is 0 Å². The second-order valence-electron chi connectivity index (χ2n) is 5.09. The minimum atomic E-state index is -3.86. The van der Waals surface area contributed by atoms with E-state index in [0.717, 1.165) is 0 Å². The van der Waals surface area contributed by atoms with E-state index in [1.165, 1.54) is 24.3 Å². The summed E-state index contributed by atoms with van der Waals surface area (Å²) >= 11 is 0. The summed E-state index contributed by atoms with van der Waals surface area (Å²) in [7, 11) is -3.86. The number of rotatable bonds is 7. The van der Waals surface area contributed by atoms with Crippen molar-refractivity contribution >= 4 is 16.0 Å². The third-order valence-electron chi connectivity index (χ3n) is 3.64. The van der Waals surface area contributed by atoms with Crippen LogP contribution in [0.1, 0.15) is 18.4 Å². The molecule has 0 radical (unpaired) electrons. The van der Waals surface area contributed by atoms with E-state index in [1.807, 2.05) is 0 Å². The Morgan fingerprint density at radius 1 is 1.19 bits per heavy atom. The highest BCUT2D eigenvalue weighted by atomic mass is 32.2. The molecular formula is C13H17NO6S. The van der Waals surface area contributed by atoms with Crippen LogP contribution in [-0.4, -0.2) is 49.0 Å². The molecule has 0 aliphatic heterocycles. The maximum atomic E-state index is 12.0. The first kappa shape index (κ1) is 15.9. The third kappa shape index (κ3) is 3.08. The number of sulfonamides is 1. The average Bonchev–Trinajstić information content (AvgIpc) is 3.26. The molecule has 1 aliphatic rings. The number of carboxylic acids is 1. The number of carboxylic acid groups (broad SMARTS) is 1. The Morgan fingerprint density at radius 2 is 1.71 bits per heavy atom. The smallest absolute Gasteiger partial charge is 0.314 e. The fourth-order valence-electron chi connectivity index (χ4n) is 2.12. The van der Waals surface area contributed by atoms with Gasteiger partial charge < -0.3 is 15.3 Å². The van der Waals surface area contributed by atoms with Crippen LogP contribution in [0.2, 0.25) is 0 Å². The van der Waals surface area contributed by atoms with Gasteiger partial charge in [-0.2, -0.15) is 0 Å². The van der Waals surface area contributed by atoms with Gasteiger partial charge in [0.2, 0.25) is 10.0 Å². The van der Waals surface area contributed by atoms with Crippen LogP contribution >= 0.6 is 0 Å². The highest BCUT2D eigenvalue weighted by Gasteiger charge is 2.51. The van der Waals surface area contributed by atoms with E-state index in [4.69, 9.17) is 10.2 Å². The molecule has 1 aromatic rings. The zero-order chi connectivity index (χ0) is 15.7. The van der Waals surface area contributed by atoms with Crippen LogP contribution in [0.3, 0.4) is 0 Å². The summed E-state index contributed by atoms with van der Waals surface area (Å²) in [6.07, 6.45) is 1.09. The molecule has 0 saturated heterocycles. The maximum Gasteiger partial charge on any atom is 0.314 e. The number of hydrogen-bond acceptors (Lipinski definition) is 5. The number of aliphatic carboxylic acids is 1. The fraction of sp³-hybridized carbons (Fsp3) is 0.462. The van der Waals surface area contributed by atoms with Crippen LogP contribution in [-0.2, 0) is 20.2 Å². The Hall–Kier alpha value is -1.48. The Balaban J connectivity index is 2.21. The third-order valence-corrected chi connectivity index (χ3v) is 5.18. The number of benzene rings is 1. The molecule has 1 saturated carbocycles. The summed E-state index contributed by atoms with van der Waals surface area (Å²) in [5, 5.41) is 27.0. The summed E-state index contributed by atoms with van der Waals surface area (Å²) in [5.41, 5.74) is -0.302. The van der Waals surface area contributed by atoms with Crippen molar-refractivity contribution in [2.45, 2.75) is 29.2 Å². The highest BCUT2D eigenvalue weighted by molar-refractivity contribution is 7.89. The Labute approximate surface area is 122 Å². The van der Waals surface area contributed by atoms with Gasteiger partial charge in [0.25, 0.3) is 0 Å². The predicted molar refractivity (Wildman–Crippen MR) is 73.3 cm³/mol. The van der Waals surface area contributed by atoms with Crippen LogP contribution in [0, 0.1) is 0 Å². The first-order valence-electron chi connectivity index (χ1n) is 6.44. The number of carbonyl (C=O) groups is 1. The molecule has 1 aromatic carbocycles. The molecule has 7 nitrogen and oxygen atoms in total. The van der Waals surface area contributed by atoms with Crippen LogP contribution in [0.5, 0.6) is 0 Å². The van der Waals surface area contributed by atoms with E-state index in [1.54, 1.807) is 0 Å². The second kappa shape index (κ2) is 5.72. The first-order valence-corrected chi connectivity index (χ1v) is 7.92. The molecule has 116 valence electrons. The fourth-order valence-corrected chi connectivity index (χ4v) is 3.34. The zero-order valence-corrected chi connectivity index (χ0v) is 12.0. The lowest BCUT2D eigenvalue weighted by Gasteiger charge is -2.15. The second-order valence-corrected chi connectivity index (χ2v) is 6.81. The molecule has 0 bridgehead atoms. The topological polar surface area (TPSA) is 124 Å². The molecule has 21 heavy (non-hydrogen) atoms. The van der Waals surface area contributed by atoms with E-state index < -0.39 is 40.7 Å². The molecule has 4 N–H and O–H groups in total. The predicted octanol–water partition coefficient (Wildman–Crippen LogP) is -0.566. The summed E-state index contributed by atoms with van der Waals surface area (Å²) in [6, 6.07) is 4.66. The number of aliphatic hydroxyl groups is 2. The standard InChI is InChI=1S/C13H17NO6S/c15-7-10(8-16)14-21(19,20)11-3-1-9(2-4-11)13(5-6-13)12(17)18/h1-4,10,14-16H,5-8H2,(H,17,18). The first-order chi connectivity index (χ1) is 9.85. The van der Waals surface area contributed by atoms with Gasteiger partial charge in [0.15, 0.2) is 0 Å². The van der Waals surface area contributed by atoms with Gasteiger partial charge in [0, 0.05) is 0 Å². The van der Waals surface area contributed by atoms with Gasteiger partial charge in [0.05, 0.1) is 29.6 Å². The van der Waals surface area contributed by atoms with Crippen LogP contribution in [0.4, 0.5) is 0 Å². The van der Waals surface area contributed by atoms with Gasteiger partial charge in [-0.3, -0.25) is 4.79 Å². The molecule has 0 atom stereocenters. The van der Waals surface area contributed by atoms with E-state index in [0.29, 0.717) is 18.4 Å². The molecule has 0 unspecified atom stereocenters. The monoisotopic (exact) mass is 315 g/mol. The van der Waals surface area contributed by atoms with Gasteiger partial charge in [-0.25, -0.2) is 13.1 Å². The normalized spacial score (nSPS) is 16.9. The van der Waals surface area contributed by atoms with Crippen molar-refractivity contribution in [2.24, 2.45) is 0 Å². The summed E-state index contributed by atoms with van der Waals surface area (Å²) in [5.74, 6) is -0.906. The lowest BCUT2D eigenvalue weighted by atomic mass is 9.96. The highest BCUT2D eigenvalue weighted by Crippen LogP contribution is 2.48. The lowest BCUT2D eigenvalue weighted by molar-refractivity contribution is -0.140. The molecule has 0 aromatic heterocycles. The summed E-state index contributed by atoms with van der Waals surface area (Å²) < 4.78 is 26.2. The average molecular weight is 315 g/mol. The van der Waals surface area contributed by atoms with Crippen LogP contribution in [0.15, 0.2) is 29.2 Å². The molecule has 1 aliphatic carbocycles. The summed E-state index contributed by atoms with van der Waals surface area (Å²) in [4.78, 5) is 11.2. The van der Waals surface area contributed by atoms with Gasteiger partial charge in [-0.05, 0) is 30.5 Å². The Morgan fingerprint density at radius 3 is 2.10 bits per heavy atom. The zero-order valence-electron chi connectivity index (χ0n) is 11.2. The SMILES string of the molecule is O=C(O)C1(c2ccc(S(=O)(=O)NC(CO)CO)cc2)CC1. The molecular weight excluding hydrogens is 298 g/mol. The lowest BCUT2D eigenvalue weighted by Crippen LogP contribution is -2.40. The molecule has 1 fully saturated rings. The Kier molecular flexibility index (Phi) is 4.33. The van der Waals surface area contributed by atoms with Gasteiger partial charge in [-0.15, -0.1) is 0 Å². The molecule has 0 spiro atoms. The quantitative estimate of drug-likeness (QED) is 0.534. The van der Waals surface area contributed by atoms with Crippen molar-refractivity contribution in [3.8, 4) is 0 Å². The Bertz CT molecular complexity index is 617. The van der Waals surface area contributed by atoms with Crippen molar-refractivity contribution < 1.29 is 28.5 Å². The minimum Gasteiger partial charge on any atom is -0.481 e. The van der Waals surface area contributed by atoms with Crippen molar-refractivity contribution in [3.63, 3.8) is 0 Å². The van der Waals surface area contributed by atoms with Gasteiger partial charge in [-0.1, -0.05) is 12.1 Å². The van der Waals surface area contributed by atoms with Crippen molar-refractivity contribution in [3.05, 3.63) is 29.8 Å². The largest absolute Gasteiger partial charge is 0.481 e. The summed E-state index contributed by atoms with van der Waals surface area (Å²) in [6.45, 7) is -1.04. The van der Waals surface area contributed by atoms with Gasteiger partial charge in [0.1, 0.15) is 0 Å². The van der Waals surface area contributed by atoms with Crippen molar-refractivity contribution in [2.75, 3.05) is 13.2 Å². The van der Waals surface area contributed by atoms with E-state index in [2.05, 4.69) is 4.72 Å². The molecule has 8 heteroatoms. The van der Waals surface area contributed by atoms with E-state index >= 15 is 0 Å². The maximum absolute atomic E-state index is 12.0. The minimum absolute atomic E-state index is 0.0423. The van der Waals surface area contributed by atoms with Gasteiger partial charge >= 0.3 is 5.97 Å². The van der Waals surface area contributed by atoms with Crippen LogP contribution < -0.4 is 4.72 Å². The van der Waals surface area contributed by atoms with E-state index in [9.17, 15) is 18.3 Å². The van der Waals surface area contributed by atoms with Crippen LogP contribution in [0.25, 0.3) is 0 Å². The number of hydrogen-bond donors (Lipinski definition) is 4. The molecule has 2 rings (SSSR count).